The molecule has 0 aliphatic carbocycles. The second kappa shape index (κ2) is 9.82. The quantitative estimate of drug-likeness (QED) is 0.695. The van der Waals surface area contributed by atoms with Crippen molar-refractivity contribution in [3.8, 4) is 0 Å². The highest BCUT2D eigenvalue weighted by atomic mass is 35.5. The van der Waals surface area contributed by atoms with Crippen molar-refractivity contribution in [2.45, 2.75) is 32.1 Å². The molecule has 1 heterocycles. The van der Waals surface area contributed by atoms with Crippen LogP contribution in [0.3, 0.4) is 0 Å². The van der Waals surface area contributed by atoms with Gasteiger partial charge in [0.15, 0.2) is 0 Å². The van der Waals surface area contributed by atoms with Gasteiger partial charge in [0.2, 0.25) is 5.91 Å². The first-order valence-corrected chi connectivity index (χ1v) is 10.7. The number of carbonyl (C=O) groups excluding carboxylic acids is 2. The van der Waals surface area contributed by atoms with Crippen LogP contribution >= 0.6 is 23.2 Å². The van der Waals surface area contributed by atoms with Gasteiger partial charge < -0.3 is 15.4 Å². The molecule has 2 amide bonds. The van der Waals surface area contributed by atoms with Gasteiger partial charge in [-0.05, 0) is 56.5 Å². The van der Waals surface area contributed by atoms with Crippen LogP contribution in [0.1, 0.15) is 39.9 Å². The van der Waals surface area contributed by atoms with E-state index in [4.69, 9.17) is 27.9 Å². The fourth-order valence-electron chi connectivity index (χ4n) is 3.92. The highest BCUT2D eigenvalue weighted by Gasteiger charge is 2.36. The second-order valence-corrected chi connectivity index (χ2v) is 8.70. The summed E-state index contributed by atoms with van der Waals surface area (Å²) in [5.41, 5.74) is 3.19. The molecule has 1 saturated heterocycles. The largest absolute Gasteiger partial charge is 0.381 e. The topological polar surface area (TPSA) is 67.4 Å². The Morgan fingerprint density at radius 3 is 2.30 bits per heavy atom. The molecular formula is C23H26Cl2N2O3. The molecular weight excluding hydrogens is 423 g/mol. The zero-order valence-electron chi connectivity index (χ0n) is 17.2. The van der Waals surface area contributed by atoms with Gasteiger partial charge in [0, 0.05) is 40.8 Å². The van der Waals surface area contributed by atoms with Gasteiger partial charge in [-0.2, -0.15) is 0 Å². The molecule has 0 saturated carbocycles. The van der Waals surface area contributed by atoms with Gasteiger partial charge in [-0.1, -0.05) is 46.5 Å². The van der Waals surface area contributed by atoms with E-state index in [0.29, 0.717) is 35.4 Å². The van der Waals surface area contributed by atoms with Crippen LogP contribution in [0.4, 0.5) is 0 Å². The Labute approximate surface area is 187 Å². The minimum absolute atomic E-state index is 0.0905. The highest BCUT2D eigenvalue weighted by molar-refractivity contribution is 6.35. The van der Waals surface area contributed by atoms with Crippen LogP contribution in [0.15, 0.2) is 36.4 Å². The standard InChI is InChI=1S/C23H26Cl2N2O3/c1-15-9-16(2)11-17(10-15)22(29)26-13-21(28)27-14-23(5-7-30-8-6-23)19-4-3-18(24)12-20(19)25/h3-4,9-12H,5-8,13-14H2,1-2H3,(H,26,29)(H,27,28). The van der Waals surface area contributed by atoms with Crippen LogP contribution in [-0.2, 0) is 14.9 Å². The maximum absolute atomic E-state index is 12.5. The predicted octanol–water partition coefficient (Wildman–Crippen LogP) is 4.20. The van der Waals surface area contributed by atoms with E-state index in [1.54, 1.807) is 18.2 Å². The third-order valence-electron chi connectivity index (χ3n) is 5.47. The molecule has 2 aromatic carbocycles. The van der Waals surface area contributed by atoms with Crippen LogP contribution in [0.5, 0.6) is 0 Å². The van der Waals surface area contributed by atoms with E-state index >= 15 is 0 Å². The number of nitrogens with one attached hydrogen (secondary N) is 2. The number of halogens is 2. The molecule has 2 N–H and O–H groups in total. The van der Waals surface area contributed by atoms with Crippen LogP contribution in [0, 0.1) is 13.8 Å². The van der Waals surface area contributed by atoms with E-state index in [-0.39, 0.29) is 23.8 Å². The number of benzene rings is 2. The van der Waals surface area contributed by atoms with Crippen molar-refractivity contribution < 1.29 is 14.3 Å². The van der Waals surface area contributed by atoms with E-state index in [1.807, 2.05) is 32.0 Å². The molecule has 0 spiro atoms. The lowest BCUT2D eigenvalue weighted by molar-refractivity contribution is -0.120. The zero-order chi connectivity index (χ0) is 21.7. The van der Waals surface area contributed by atoms with E-state index in [2.05, 4.69) is 10.6 Å². The third-order valence-corrected chi connectivity index (χ3v) is 6.02. The molecule has 0 atom stereocenters. The van der Waals surface area contributed by atoms with Crippen LogP contribution in [0.25, 0.3) is 0 Å². The maximum atomic E-state index is 12.5. The first-order chi connectivity index (χ1) is 14.3. The molecule has 2 aromatic rings. The lowest BCUT2D eigenvalue weighted by Crippen LogP contribution is -2.47. The summed E-state index contributed by atoms with van der Waals surface area (Å²) in [7, 11) is 0. The van der Waals surface area contributed by atoms with Crippen molar-refractivity contribution in [2.75, 3.05) is 26.3 Å². The number of hydrogen-bond donors (Lipinski definition) is 2. The number of amides is 2. The molecule has 5 nitrogen and oxygen atoms in total. The van der Waals surface area contributed by atoms with Crippen molar-refractivity contribution in [3.05, 3.63) is 68.7 Å². The average Bonchev–Trinajstić information content (AvgIpc) is 2.70. The van der Waals surface area contributed by atoms with E-state index < -0.39 is 0 Å². The highest BCUT2D eigenvalue weighted by Crippen LogP contribution is 2.39. The summed E-state index contributed by atoms with van der Waals surface area (Å²) in [6.45, 7) is 5.39. The Hall–Kier alpha value is -2.08. The van der Waals surface area contributed by atoms with Gasteiger partial charge in [-0.3, -0.25) is 9.59 Å². The van der Waals surface area contributed by atoms with Gasteiger partial charge in [-0.25, -0.2) is 0 Å². The van der Waals surface area contributed by atoms with Gasteiger partial charge in [-0.15, -0.1) is 0 Å². The summed E-state index contributed by atoms with van der Waals surface area (Å²) in [6, 6.07) is 11.1. The lowest BCUT2D eigenvalue weighted by Gasteiger charge is -2.38. The molecule has 0 radical (unpaired) electrons. The number of hydrogen-bond acceptors (Lipinski definition) is 3. The Morgan fingerprint density at radius 2 is 1.67 bits per heavy atom. The second-order valence-electron chi connectivity index (χ2n) is 7.85. The number of aryl methyl sites for hydroxylation is 2. The minimum atomic E-state index is -0.326. The fraction of sp³-hybridized carbons (Fsp3) is 0.391. The lowest BCUT2D eigenvalue weighted by atomic mass is 9.74. The van der Waals surface area contributed by atoms with E-state index in [9.17, 15) is 9.59 Å². The Morgan fingerprint density at radius 1 is 1.00 bits per heavy atom. The van der Waals surface area contributed by atoms with Gasteiger partial charge in [0.25, 0.3) is 5.91 Å². The summed E-state index contributed by atoms with van der Waals surface area (Å²) in [5.74, 6) is -0.512. The molecule has 0 aromatic heterocycles. The Kier molecular flexibility index (Phi) is 7.40. The van der Waals surface area contributed by atoms with Crippen molar-refractivity contribution in [1.82, 2.24) is 10.6 Å². The van der Waals surface area contributed by atoms with Gasteiger partial charge >= 0.3 is 0 Å². The summed E-state index contributed by atoms with van der Waals surface area (Å²) in [4.78, 5) is 24.8. The smallest absolute Gasteiger partial charge is 0.251 e. The normalized spacial score (nSPS) is 15.5. The minimum Gasteiger partial charge on any atom is -0.381 e. The van der Waals surface area contributed by atoms with E-state index in [0.717, 1.165) is 29.5 Å². The summed E-state index contributed by atoms with van der Waals surface area (Å²) in [5, 5.41) is 6.81. The van der Waals surface area contributed by atoms with Gasteiger partial charge in [0.1, 0.15) is 0 Å². The first-order valence-electron chi connectivity index (χ1n) is 9.95. The monoisotopic (exact) mass is 448 g/mol. The zero-order valence-corrected chi connectivity index (χ0v) is 18.7. The number of ether oxygens (including phenoxy) is 1. The molecule has 3 rings (SSSR count). The van der Waals surface area contributed by atoms with Crippen molar-refractivity contribution in [3.63, 3.8) is 0 Å². The van der Waals surface area contributed by atoms with Crippen molar-refractivity contribution >= 4 is 35.0 Å². The number of rotatable bonds is 6. The molecule has 1 aliphatic rings. The molecule has 0 bridgehead atoms. The molecule has 30 heavy (non-hydrogen) atoms. The van der Waals surface area contributed by atoms with Gasteiger partial charge in [0.05, 0.1) is 6.54 Å². The summed E-state index contributed by atoms with van der Waals surface area (Å²) < 4.78 is 5.52. The fourth-order valence-corrected chi connectivity index (χ4v) is 4.53. The van der Waals surface area contributed by atoms with Crippen LogP contribution in [0.2, 0.25) is 10.0 Å². The SMILES string of the molecule is Cc1cc(C)cc(C(=O)NCC(=O)NCC2(c3ccc(Cl)cc3Cl)CCOCC2)c1. The van der Waals surface area contributed by atoms with E-state index in [1.165, 1.54) is 0 Å². The van der Waals surface area contributed by atoms with Crippen molar-refractivity contribution in [2.24, 2.45) is 0 Å². The molecule has 0 unspecified atom stereocenters. The number of carbonyl (C=O) groups is 2. The molecule has 1 aliphatic heterocycles. The average molecular weight is 449 g/mol. The molecule has 1 fully saturated rings. The molecule has 160 valence electrons. The Bertz CT molecular complexity index is 920. The third kappa shape index (κ3) is 5.54. The Balaban J connectivity index is 1.63. The maximum Gasteiger partial charge on any atom is 0.251 e. The first kappa shape index (κ1) is 22.6. The molecule has 7 heteroatoms. The predicted molar refractivity (Wildman–Crippen MR) is 119 cm³/mol. The van der Waals surface area contributed by atoms with Crippen LogP contribution < -0.4 is 10.6 Å². The summed E-state index contributed by atoms with van der Waals surface area (Å²) >= 11 is 12.5. The summed E-state index contributed by atoms with van der Waals surface area (Å²) in [6.07, 6.45) is 1.48. The van der Waals surface area contributed by atoms with Crippen molar-refractivity contribution in [1.29, 1.82) is 0 Å². The van der Waals surface area contributed by atoms with Crippen LogP contribution in [-0.4, -0.2) is 38.1 Å².